The maximum Gasteiger partial charge on any atom is 0.223 e. The summed E-state index contributed by atoms with van der Waals surface area (Å²) in [6.07, 6.45) is 2.71. The quantitative estimate of drug-likeness (QED) is 0.615. The van der Waals surface area contributed by atoms with Crippen molar-refractivity contribution < 1.29 is 13.2 Å². The van der Waals surface area contributed by atoms with E-state index in [2.05, 4.69) is 10.0 Å². The molecular weight excluding hydrogens is 216 g/mol. The minimum Gasteiger partial charge on any atom is -0.355 e. The second-order valence-electron chi connectivity index (χ2n) is 3.47. The number of carbonyl (C=O) groups is 1. The Balaban J connectivity index is 3.73. The van der Waals surface area contributed by atoms with Crippen molar-refractivity contribution in [2.75, 3.05) is 19.3 Å². The lowest BCUT2D eigenvalue weighted by Gasteiger charge is -2.12. The van der Waals surface area contributed by atoms with E-state index >= 15 is 0 Å². The predicted octanol–water partition coefficient (Wildman–Crippen LogP) is 0.0880. The van der Waals surface area contributed by atoms with Gasteiger partial charge in [0.05, 0.1) is 6.26 Å². The molecule has 5 nitrogen and oxygen atoms in total. The van der Waals surface area contributed by atoms with Gasteiger partial charge in [-0.15, -0.1) is 0 Å². The van der Waals surface area contributed by atoms with Gasteiger partial charge in [-0.25, -0.2) is 13.1 Å². The first-order valence-electron chi connectivity index (χ1n) is 5.13. The van der Waals surface area contributed by atoms with E-state index in [4.69, 9.17) is 0 Å². The van der Waals surface area contributed by atoms with Gasteiger partial charge in [-0.2, -0.15) is 0 Å². The molecule has 0 unspecified atom stereocenters. The highest BCUT2D eigenvalue weighted by Crippen LogP contribution is 2.06. The molecule has 0 radical (unpaired) electrons. The van der Waals surface area contributed by atoms with Crippen LogP contribution in [0.25, 0.3) is 0 Å². The van der Waals surface area contributed by atoms with E-state index in [1.54, 1.807) is 0 Å². The van der Waals surface area contributed by atoms with Gasteiger partial charge >= 0.3 is 0 Å². The smallest absolute Gasteiger partial charge is 0.223 e. The van der Waals surface area contributed by atoms with Crippen LogP contribution in [0.5, 0.6) is 0 Å². The fraction of sp³-hybridized carbons (Fsp3) is 0.889. The molecule has 2 N–H and O–H groups in total. The number of nitrogens with one attached hydrogen (secondary N) is 2. The second kappa shape index (κ2) is 6.79. The van der Waals surface area contributed by atoms with Crippen molar-refractivity contribution in [2.45, 2.75) is 26.7 Å². The zero-order valence-corrected chi connectivity index (χ0v) is 10.4. The lowest BCUT2D eigenvalue weighted by Crippen LogP contribution is -2.37. The number of rotatable bonds is 7. The van der Waals surface area contributed by atoms with Gasteiger partial charge in [0.1, 0.15) is 0 Å². The third-order valence-electron chi connectivity index (χ3n) is 2.14. The summed E-state index contributed by atoms with van der Waals surface area (Å²) in [5.74, 6) is 0.0264. The van der Waals surface area contributed by atoms with Crippen molar-refractivity contribution in [1.82, 2.24) is 10.0 Å². The van der Waals surface area contributed by atoms with Crippen LogP contribution in [-0.2, 0) is 14.8 Å². The average molecular weight is 236 g/mol. The normalized spacial score (nSPS) is 11.7. The lowest BCUT2D eigenvalue weighted by atomic mass is 10.0. The van der Waals surface area contributed by atoms with Gasteiger partial charge in [0.15, 0.2) is 0 Å². The highest BCUT2D eigenvalue weighted by molar-refractivity contribution is 7.88. The molecule has 15 heavy (non-hydrogen) atoms. The number of amides is 1. The maximum atomic E-state index is 11.4. The molecule has 0 spiro atoms. The largest absolute Gasteiger partial charge is 0.355 e. The summed E-state index contributed by atoms with van der Waals surface area (Å²) >= 11 is 0. The molecule has 0 heterocycles. The minimum absolute atomic E-state index is 0.00435. The van der Waals surface area contributed by atoms with E-state index in [0.29, 0.717) is 6.54 Å². The van der Waals surface area contributed by atoms with Gasteiger partial charge in [-0.05, 0) is 12.8 Å². The van der Waals surface area contributed by atoms with Crippen molar-refractivity contribution in [3.63, 3.8) is 0 Å². The van der Waals surface area contributed by atoms with Gasteiger partial charge in [0.25, 0.3) is 0 Å². The van der Waals surface area contributed by atoms with Crippen LogP contribution in [0.4, 0.5) is 0 Å². The molecule has 0 atom stereocenters. The lowest BCUT2D eigenvalue weighted by molar-refractivity contribution is -0.125. The Morgan fingerprint density at radius 1 is 1.20 bits per heavy atom. The molecule has 0 saturated heterocycles. The summed E-state index contributed by atoms with van der Waals surface area (Å²) in [7, 11) is -3.15. The molecule has 0 rings (SSSR count). The van der Waals surface area contributed by atoms with E-state index in [0.717, 1.165) is 19.1 Å². The van der Waals surface area contributed by atoms with Gasteiger partial charge in [0, 0.05) is 19.0 Å². The number of hydrogen-bond donors (Lipinski definition) is 2. The van der Waals surface area contributed by atoms with Crippen molar-refractivity contribution >= 4 is 15.9 Å². The fourth-order valence-electron chi connectivity index (χ4n) is 1.23. The standard InChI is InChI=1S/C9H20N2O3S/c1-4-8(5-2)9(12)10-6-7-11-15(3,13)14/h8,11H,4-7H2,1-3H3,(H,10,12). The Hall–Kier alpha value is -0.620. The average Bonchev–Trinajstić information content (AvgIpc) is 2.13. The van der Waals surface area contributed by atoms with E-state index in [1.807, 2.05) is 13.8 Å². The summed E-state index contributed by atoms with van der Waals surface area (Å²) in [6, 6.07) is 0. The van der Waals surface area contributed by atoms with Crippen LogP contribution in [0, 0.1) is 5.92 Å². The van der Waals surface area contributed by atoms with Crippen molar-refractivity contribution in [3.8, 4) is 0 Å². The third-order valence-corrected chi connectivity index (χ3v) is 2.87. The molecule has 0 aliphatic rings. The zero-order chi connectivity index (χ0) is 11.9. The molecule has 0 fully saturated rings. The van der Waals surface area contributed by atoms with E-state index in [-0.39, 0.29) is 18.4 Å². The summed E-state index contributed by atoms with van der Waals surface area (Å²) in [4.78, 5) is 11.4. The zero-order valence-electron chi connectivity index (χ0n) is 9.54. The monoisotopic (exact) mass is 236 g/mol. The number of carbonyl (C=O) groups excluding carboxylic acids is 1. The highest BCUT2D eigenvalue weighted by atomic mass is 32.2. The highest BCUT2D eigenvalue weighted by Gasteiger charge is 2.12. The SMILES string of the molecule is CCC(CC)C(=O)NCCNS(C)(=O)=O. The van der Waals surface area contributed by atoms with Gasteiger partial charge < -0.3 is 5.32 Å². The maximum absolute atomic E-state index is 11.4. The van der Waals surface area contributed by atoms with Crippen LogP contribution >= 0.6 is 0 Å². The van der Waals surface area contributed by atoms with Crippen LogP contribution in [0.1, 0.15) is 26.7 Å². The van der Waals surface area contributed by atoms with Crippen LogP contribution in [0.3, 0.4) is 0 Å². The number of sulfonamides is 1. The molecule has 0 aromatic rings. The first kappa shape index (κ1) is 14.4. The summed E-state index contributed by atoms with van der Waals surface area (Å²) in [5.41, 5.74) is 0. The Kier molecular flexibility index (Phi) is 6.51. The summed E-state index contributed by atoms with van der Waals surface area (Å²) in [5, 5.41) is 2.69. The Morgan fingerprint density at radius 3 is 2.13 bits per heavy atom. The summed E-state index contributed by atoms with van der Waals surface area (Å²) < 4.78 is 23.7. The molecule has 0 aliphatic carbocycles. The molecule has 0 aromatic carbocycles. The molecule has 0 bridgehead atoms. The number of hydrogen-bond acceptors (Lipinski definition) is 3. The third kappa shape index (κ3) is 7.33. The summed E-state index contributed by atoms with van der Waals surface area (Å²) in [6.45, 7) is 4.50. The van der Waals surface area contributed by atoms with Gasteiger partial charge in [-0.3, -0.25) is 4.79 Å². The molecule has 0 aromatic heterocycles. The van der Waals surface area contributed by atoms with E-state index in [1.165, 1.54) is 0 Å². The molecule has 0 aliphatic heterocycles. The van der Waals surface area contributed by atoms with Crippen molar-refractivity contribution in [1.29, 1.82) is 0 Å². The van der Waals surface area contributed by atoms with Crippen molar-refractivity contribution in [2.24, 2.45) is 5.92 Å². The predicted molar refractivity (Wildman–Crippen MR) is 59.9 cm³/mol. The fourth-order valence-corrected chi connectivity index (χ4v) is 1.70. The molecule has 90 valence electrons. The molecular formula is C9H20N2O3S. The molecule has 0 saturated carbocycles. The van der Waals surface area contributed by atoms with Crippen molar-refractivity contribution in [3.05, 3.63) is 0 Å². The van der Waals surface area contributed by atoms with Gasteiger partial charge in [-0.1, -0.05) is 13.8 Å². The minimum atomic E-state index is -3.15. The Labute approximate surface area is 91.7 Å². The van der Waals surface area contributed by atoms with Crippen LogP contribution in [-0.4, -0.2) is 33.7 Å². The van der Waals surface area contributed by atoms with Crippen LogP contribution in [0.2, 0.25) is 0 Å². The first-order chi connectivity index (χ1) is 6.90. The molecule has 6 heteroatoms. The topological polar surface area (TPSA) is 75.3 Å². The van der Waals surface area contributed by atoms with Gasteiger partial charge in [0.2, 0.25) is 15.9 Å². The Bertz CT molecular complexity index is 284. The van der Waals surface area contributed by atoms with Crippen LogP contribution in [0.15, 0.2) is 0 Å². The van der Waals surface area contributed by atoms with Crippen LogP contribution < -0.4 is 10.0 Å². The van der Waals surface area contributed by atoms with E-state index in [9.17, 15) is 13.2 Å². The Morgan fingerprint density at radius 2 is 1.73 bits per heavy atom. The first-order valence-corrected chi connectivity index (χ1v) is 7.02. The molecule has 1 amide bonds. The second-order valence-corrected chi connectivity index (χ2v) is 5.30. The van der Waals surface area contributed by atoms with E-state index < -0.39 is 10.0 Å².